The molecule has 0 bridgehead atoms. The molecule has 5 heteroatoms. The van der Waals surface area contributed by atoms with E-state index in [1.165, 1.54) is 4.31 Å². The number of benzene rings is 1. The first-order valence-corrected chi connectivity index (χ1v) is 8.58. The van der Waals surface area contributed by atoms with Crippen LogP contribution >= 0.6 is 15.9 Å². The van der Waals surface area contributed by atoms with Crippen LogP contribution in [0.15, 0.2) is 41.8 Å². The second-order valence-corrected chi connectivity index (χ2v) is 7.70. The highest BCUT2D eigenvalue weighted by Gasteiger charge is 2.32. The maximum Gasteiger partial charge on any atom is 0.243 e. The van der Waals surface area contributed by atoms with E-state index in [1.807, 2.05) is 32.9 Å². The van der Waals surface area contributed by atoms with Gasteiger partial charge >= 0.3 is 0 Å². The van der Waals surface area contributed by atoms with Gasteiger partial charge in [0.05, 0.1) is 4.90 Å². The highest BCUT2D eigenvalue weighted by atomic mass is 79.9. The molecule has 0 aliphatic heterocycles. The van der Waals surface area contributed by atoms with Crippen molar-refractivity contribution in [2.75, 3.05) is 6.54 Å². The van der Waals surface area contributed by atoms with Crippen LogP contribution < -0.4 is 0 Å². The van der Waals surface area contributed by atoms with Gasteiger partial charge in [0.1, 0.15) is 0 Å². The molecule has 0 amide bonds. The van der Waals surface area contributed by atoms with Crippen molar-refractivity contribution in [3.63, 3.8) is 0 Å². The number of halogens is 1. The zero-order valence-electron chi connectivity index (χ0n) is 11.6. The molecule has 106 valence electrons. The van der Waals surface area contributed by atoms with Crippen molar-refractivity contribution in [1.29, 1.82) is 0 Å². The molecule has 0 N–H and O–H groups in total. The van der Waals surface area contributed by atoms with E-state index in [0.29, 0.717) is 16.8 Å². The Morgan fingerprint density at radius 1 is 1.26 bits per heavy atom. The lowest BCUT2D eigenvalue weighted by Crippen LogP contribution is -2.45. The maximum atomic E-state index is 12.6. The quantitative estimate of drug-likeness (QED) is 0.604. The third-order valence-corrected chi connectivity index (χ3v) is 5.50. The fourth-order valence-corrected chi connectivity index (χ4v) is 3.86. The van der Waals surface area contributed by atoms with Gasteiger partial charge in [-0.1, -0.05) is 34.1 Å². The molecule has 0 fully saturated rings. The predicted molar refractivity (Wildman–Crippen MR) is 82.9 cm³/mol. The second-order valence-electron chi connectivity index (χ2n) is 5.27. The van der Waals surface area contributed by atoms with E-state index >= 15 is 0 Å². The molecule has 0 radical (unpaired) electrons. The van der Waals surface area contributed by atoms with Crippen LogP contribution in [0.25, 0.3) is 0 Å². The van der Waals surface area contributed by atoms with Gasteiger partial charge in [0, 0.05) is 17.4 Å². The van der Waals surface area contributed by atoms with Gasteiger partial charge in [-0.25, -0.2) is 8.42 Å². The molecule has 0 atom stereocenters. The highest BCUT2D eigenvalue weighted by molar-refractivity contribution is 9.08. The summed E-state index contributed by atoms with van der Waals surface area (Å²) in [5.41, 5.74) is 0.561. The topological polar surface area (TPSA) is 37.4 Å². The number of rotatable bonds is 5. The van der Waals surface area contributed by atoms with Gasteiger partial charge in [-0.15, -0.1) is 6.58 Å². The number of hydrogen-bond acceptors (Lipinski definition) is 2. The van der Waals surface area contributed by atoms with Gasteiger partial charge in [-0.05, 0) is 38.5 Å². The van der Waals surface area contributed by atoms with Gasteiger partial charge < -0.3 is 0 Å². The molecule has 0 spiro atoms. The van der Waals surface area contributed by atoms with E-state index in [-0.39, 0.29) is 0 Å². The molecule has 0 heterocycles. The molecular weight excluding hydrogens is 326 g/mol. The third kappa shape index (κ3) is 3.91. The molecule has 1 aromatic carbocycles. The monoisotopic (exact) mass is 345 g/mol. The fraction of sp³-hybridized carbons (Fsp3) is 0.429. The molecule has 19 heavy (non-hydrogen) atoms. The molecular formula is C14H20BrNO2S. The Morgan fingerprint density at radius 2 is 1.79 bits per heavy atom. The van der Waals surface area contributed by atoms with Crippen molar-refractivity contribution in [1.82, 2.24) is 4.31 Å². The van der Waals surface area contributed by atoms with Crippen molar-refractivity contribution in [2.45, 2.75) is 36.5 Å². The van der Waals surface area contributed by atoms with E-state index in [9.17, 15) is 8.42 Å². The van der Waals surface area contributed by atoms with Crippen LogP contribution in [0.5, 0.6) is 0 Å². The Morgan fingerprint density at radius 3 is 2.16 bits per heavy atom. The Kier molecular flexibility index (Phi) is 5.35. The smallest absolute Gasteiger partial charge is 0.207 e. The van der Waals surface area contributed by atoms with Crippen LogP contribution in [-0.2, 0) is 15.4 Å². The van der Waals surface area contributed by atoms with Crippen LogP contribution in [0.1, 0.15) is 26.3 Å². The summed E-state index contributed by atoms with van der Waals surface area (Å²) >= 11 is 3.34. The highest BCUT2D eigenvalue weighted by Crippen LogP contribution is 2.24. The van der Waals surface area contributed by atoms with E-state index in [2.05, 4.69) is 22.5 Å². The number of hydrogen-bond donors (Lipinski definition) is 0. The third-order valence-electron chi connectivity index (χ3n) is 2.71. The van der Waals surface area contributed by atoms with Crippen LogP contribution in [0.2, 0.25) is 0 Å². The summed E-state index contributed by atoms with van der Waals surface area (Å²) in [7, 11) is -3.50. The van der Waals surface area contributed by atoms with E-state index in [4.69, 9.17) is 0 Å². The van der Waals surface area contributed by atoms with E-state index in [0.717, 1.165) is 5.56 Å². The molecule has 0 aliphatic rings. The Hall–Kier alpha value is -0.650. The maximum absolute atomic E-state index is 12.6. The average Bonchev–Trinajstić information content (AvgIpc) is 2.34. The summed E-state index contributed by atoms with van der Waals surface area (Å²) in [6.07, 6.45) is 1.61. The van der Waals surface area contributed by atoms with Crippen molar-refractivity contribution < 1.29 is 8.42 Å². The Balaban J connectivity index is 3.22. The largest absolute Gasteiger partial charge is 0.243 e. The van der Waals surface area contributed by atoms with Crippen molar-refractivity contribution in [3.05, 3.63) is 42.5 Å². The van der Waals surface area contributed by atoms with Gasteiger partial charge in [-0.2, -0.15) is 4.31 Å². The zero-order chi connectivity index (χ0) is 14.7. The van der Waals surface area contributed by atoms with Crippen molar-refractivity contribution in [3.8, 4) is 0 Å². The molecule has 0 saturated heterocycles. The standard InChI is InChI=1S/C14H20BrNO2S/c1-5-10-16(14(2,3)4)19(17,18)13-8-6-12(11-15)7-9-13/h5-9H,1,10-11H2,2-4H3. The first-order valence-electron chi connectivity index (χ1n) is 6.02. The molecule has 0 saturated carbocycles. The number of nitrogens with zero attached hydrogens (tertiary/aromatic N) is 1. The van der Waals surface area contributed by atoms with Crippen LogP contribution in [-0.4, -0.2) is 24.8 Å². The van der Waals surface area contributed by atoms with Crippen LogP contribution in [0.4, 0.5) is 0 Å². The summed E-state index contributed by atoms with van der Waals surface area (Å²) < 4.78 is 26.7. The van der Waals surface area contributed by atoms with Gasteiger partial charge in [0.25, 0.3) is 0 Å². The predicted octanol–water partition coefficient (Wildman–Crippen LogP) is 3.56. The summed E-state index contributed by atoms with van der Waals surface area (Å²) in [6, 6.07) is 6.92. The minimum absolute atomic E-state index is 0.298. The Labute approximate surface area is 124 Å². The summed E-state index contributed by atoms with van der Waals surface area (Å²) in [5.74, 6) is 0. The lowest BCUT2D eigenvalue weighted by atomic mass is 10.1. The molecule has 0 aromatic heterocycles. The van der Waals surface area contributed by atoms with Gasteiger partial charge in [-0.3, -0.25) is 0 Å². The molecule has 3 nitrogen and oxygen atoms in total. The van der Waals surface area contributed by atoms with E-state index < -0.39 is 15.6 Å². The lowest BCUT2D eigenvalue weighted by molar-refractivity contribution is 0.270. The summed E-state index contributed by atoms with van der Waals surface area (Å²) in [4.78, 5) is 0.314. The normalized spacial score (nSPS) is 12.7. The molecule has 1 aromatic rings. The van der Waals surface area contributed by atoms with Crippen LogP contribution in [0, 0.1) is 0 Å². The Bertz CT molecular complexity index is 530. The SMILES string of the molecule is C=CCN(C(C)(C)C)S(=O)(=O)c1ccc(CBr)cc1. The fourth-order valence-electron chi connectivity index (χ4n) is 1.73. The van der Waals surface area contributed by atoms with Crippen molar-refractivity contribution in [2.24, 2.45) is 0 Å². The minimum atomic E-state index is -3.50. The summed E-state index contributed by atoms with van der Waals surface area (Å²) in [5, 5.41) is 0.711. The first-order chi connectivity index (χ1) is 8.73. The minimum Gasteiger partial charge on any atom is -0.207 e. The first kappa shape index (κ1) is 16.4. The van der Waals surface area contributed by atoms with Crippen molar-refractivity contribution >= 4 is 26.0 Å². The van der Waals surface area contributed by atoms with E-state index in [1.54, 1.807) is 18.2 Å². The molecule has 0 unspecified atom stereocenters. The summed E-state index contributed by atoms with van der Waals surface area (Å²) in [6.45, 7) is 9.56. The van der Waals surface area contributed by atoms with Gasteiger partial charge in [0.2, 0.25) is 10.0 Å². The number of sulfonamides is 1. The average molecular weight is 346 g/mol. The second kappa shape index (κ2) is 6.20. The number of alkyl halides is 1. The lowest BCUT2D eigenvalue weighted by Gasteiger charge is -2.33. The molecule has 1 rings (SSSR count). The molecule has 0 aliphatic carbocycles. The van der Waals surface area contributed by atoms with Gasteiger partial charge in [0.15, 0.2) is 0 Å². The van der Waals surface area contributed by atoms with Crippen LogP contribution in [0.3, 0.4) is 0 Å². The zero-order valence-corrected chi connectivity index (χ0v) is 14.0.